The summed E-state index contributed by atoms with van der Waals surface area (Å²) >= 11 is 5.97. The topological polar surface area (TPSA) is 50.4 Å². The molecule has 0 unspecified atom stereocenters. The highest BCUT2D eigenvalue weighted by atomic mass is 35.5. The number of anilines is 2. The summed E-state index contributed by atoms with van der Waals surface area (Å²) in [4.78, 5) is 12.4. The van der Waals surface area contributed by atoms with Crippen LogP contribution in [0.1, 0.15) is 17.3 Å². The summed E-state index contributed by atoms with van der Waals surface area (Å²) in [5.41, 5.74) is 1.90. The standard InChI is InChI=1S/C16H17ClN2O2/c1-3-18-13-7-5-4-6-12(13)16(20)19-14-10-11(17)8-9-15(14)21-2/h4-10,18H,3H2,1-2H3,(H,19,20). The molecule has 110 valence electrons. The number of methoxy groups -OCH3 is 1. The summed E-state index contributed by atoms with van der Waals surface area (Å²) < 4.78 is 5.23. The second-order valence-corrected chi connectivity index (χ2v) is 4.81. The molecule has 0 aliphatic rings. The van der Waals surface area contributed by atoms with Crippen molar-refractivity contribution < 1.29 is 9.53 Å². The number of benzene rings is 2. The Morgan fingerprint density at radius 3 is 2.67 bits per heavy atom. The molecule has 0 aromatic heterocycles. The molecule has 0 atom stereocenters. The van der Waals surface area contributed by atoms with Crippen molar-refractivity contribution in [2.24, 2.45) is 0 Å². The lowest BCUT2D eigenvalue weighted by molar-refractivity contribution is 0.102. The number of nitrogens with one attached hydrogen (secondary N) is 2. The number of hydrogen-bond acceptors (Lipinski definition) is 3. The first kappa shape index (κ1) is 15.2. The van der Waals surface area contributed by atoms with E-state index in [2.05, 4.69) is 10.6 Å². The number of ether oxygens (including phenoxy) is 1. The van der Waals surface area contributed by atoms with Crippen molar-refractivity contribution in [3.05, 3.63) is 53.1 Å². The van der Waals surface area contributed by atoms with Gasteiger partial charge >= 0.3 is 0 Å². The predicted molar refractivity (Wildman–Crippen MR) is 86.6 cm³/mol. The van der Waals surface area contributed by atoms with Crippen LogP contribution in [0.5, 0.6) is 5.75 Å². The van der Waals surface area contributed by atoms with E-state index in [-0.39, 0.29) is 5.91 Å². The first-order valence-corrected chi connectivity index (χ1v) is 7.01. The van der Waals surface area contributed by atoms with Crippen LogP contribution in [-0.4, -0.2) is 19.6 Å². The molecule has 2 rings (SSSR count). The Bertz CT molecular complexity index is 644. The van der Waals surface area contributed by atoms with E-state index in [1.807, 2.05) is 25.1 Å². The van der Waals surface area contributed by atoms with E-state index in [1.54, 1.807) is 31.4 Å². The van der Waals surface area contributed by atoms with Crippen molar-refractivity contribution in [3.8, 4) is 5.75 Å². The average Bonchev–Trinajstić information content (AvgIpc) is 2.48. The Morgan fingerprint density at radius 1 is 1.19 bits per heavy atom. The summed E-state index contributed by atoms with van der Waals surface area (Å²) in [6, 6.07) is 12.4. The van der Waals surface area contributed by atoms with E-state index in [4.69, 9.17) is 16.3 Å². The van der Waals surface area contributed by atoms with Crippen molar-refractivity contribution in [1.29, 1.82) is 0 Å². The van der Waals surface area contributed by atoms with Gasteiger partial charge in [0.05, 0.1) is 18.4 Å². The van der Waals surface area contributed by atoms with Gasteiger partial charge < -0.3 is 15.4 Å². The first-order chi connectivity index (χ1) is 10.2. The van der Waals surface area contributed by atoms with E-state index < -0.39 is 0 Å². The maximum absolute atomic E-state index is 12.4. The van der Waals surface area contributed by atoms with Crippen LogP contribution in [0.2, 0.25) is 5.02 Å². The lowest BCUT2D eigenvalue weighted by Crippen LogP contribution is -2.15. The Labute approximate surface area is 129 Å². The largest absolute Gasteiger partial charge is 0.495 e. The third kappa shape index (κ3) is 3.67. The zero-order valence-corrected chi connectivity index (χ0v) is 12.7. The highest BCUT2D eigenvalue weighted by Crippen LogP contribution is 2.28. The Hall–Kier alpha value is -2.20. The fourth-order valence-electron chi connectivity index (χ4n) is 1.99. The molecule has 2 aromatic rings. The molecule has 0 saturated carbocycles. The van der Waals surface area contributed by atoms with Crippen molar-refractivity contribution in [3.63, 3.8) is 0 Å². The number of carbonyl (C=O) groups is 1. The van der Waals surface area contributed by atoms with E-state index in [9.17, 15) is 4.79 Å². The SMILES string of the molecule is CCNc1ccccc1C(=O)Nc1cc(Cl)ccc1OC. The molecule has 0 aliphatic carbocycles. The molecule has 5 heteroatoms. The minimum Gasteiger partial charge on any atom is -0.495 e. The highest BCUT2D eigenvalue weighted by molar-refractivity contribution is 6.31. The monoisotopic (exact) mass is 304 g/mol. The fraction of sp³-hybridized carbons (Fsp3) is 0.188. The summed E-state index contributed by atoms with van der Waals surface area (Å²) in [7, 11) is 1.55. The molecule has 0 aliphatic heterocycles. The number of rotatable bonds is 5. The van der Waals surface area contributed by atoms with E-state index in [0.29, 0.717) is 22.0 Å². The minimum atomic E-state index is -0.216. The Kier molecular flexibility index (Phi) is 5.06. The molecule has 0 bridgehead atoms. The van der Waals surface area contributed by atoms with E-state index in [1.165, 1.54) is 0 Å². The minimum absolute atomic E-state index is 0.216. The lowest BCUT2D eigenvalue weighted by Gasteiger charge is -2.13. The van der Waals surface area contributed by atoms with Gasteiger partial charge in [0.15, 0.2) is 0 Å². The van der Waals surface area contributed by atoms with Gasteiger partial charge in [-0.25, -0.2) is 0 Å². The molecule has 0 radical (unpaired) electrons. The summed E-state index contributed by atoms with van der Waals surface area (Å²) in [5.74, 6) is 0.348. The molecule has 2 N–H and O–H groups in total. The molecule has 0 saturated heterocycles. The van der Waals surface area contributed by atoms with Gasteiger partial charge in [-0.15, -0.1) is 0 Å². The van der Waals surface area contributed by atoms with Crippen LogP contribution in [0, 0.1) is 0 Å². The van der Waals surface area contributed by atoms with Gasteiger partial charge in [0.1, 0.15) is 5.75 Å². The fourth-order valence-corrected chi connectivity index (χ4v) is 2.17. The highest BCUT2D eigenvalue weighted by Gasteiger charge is 2.13. The van der Waals surface area contributed by atoms with E-state index in [0.717, 1.165) is 12.2 Å². The van der Waals surface area contributed by atoms with Crippen LogP contribution in [0.4, 0.5) is 11.4 Å². The average molecular weight is 305 g/mol. The number of halogens is 1. The van der Waals surface area contributed by atoms with Crippen LogP contribution in [0.25, 0.3) is 0 Å². The van der Waals surface area contributed by atoms with E-state index >= 15 is 0 Å². The second kappa shape index (κ2) is 6.99. The Balaban J connectivity index is 2.28. The van der Waals surface area contributed by atoms with Crippen molar-refractivity contribution in [2.45, 2.75) is 6.92 Å². The second-order valence-electron chi connectivity index (χ2n) is 4.37. The maximum atomic E-state index is 12.4. The zero-order valence-electron chi connectivity index (χ0n) is 11.9. The molecule has 0 fully saturated rings. The van der Waals surface area contributed by atoms with Gasteiger partial charge in [-0.2, -0.15) is 0 Å². The number of carbonyl (C=O) groups excluding carboxylic acids is 1. The van der Waals surface area contributed by atoms with Gasteiger partial charge in [0.2, 0.25) is 0 Å². The summed E-state index contributed by atoms with van der Waals surface area (Å²) in [6.07, 6.45) is 0. The first-order valence-electron chi connectivity index (χ1n) is 6.63. The molecule has 0 spiro atoms. The van der Waals surface area contributed by atoms with Crippen LogP contribution in [0.3, 0.4) is 0 Å². The summed E-state index contributed by atoms with van der Waals surface area (Å²) in [5, 5.41) is 6.53. The van der Waals surface area contributed by atoms with Gasteiger partial charge in [-0.3, -0.25) is 4.79 Å². The van der Waals surface area contributed by atoms with Crippen LogP contribution < -0.4 is 15.4 Å². The molecule has 21 heavy (non-hydrogen) atoms. The molecule has 1 amide bonds. The Morgan fingerprint density at radius 2 is 1.95 bits per heavy atom. The van der Waals surface area contributed by atoms with Gasteiger partial charge in [-0.05, 0) is 37.3 Å². The van der Waals surface area contributed by atoms with Gasteiger partial charge in [0, 0.05) is 17.3 Å². The van der Waals surface area contributed by atoms with Gasteiger partial charge in [0.25, 0.3) is 5.91 Å². The van der Waals surface area contributed by atoms with Crippen molar-refractivity contribution >= 4 is 28.9 Å². The molecule has 2 aromatic carbocycles. The number of hydrogen-bond donors (Lipinski definition) is 2. The normalized spacial score (nSPS) is 10.0. The third-order valence-corrected chi connectivity index (χ3v) is 3.18. The third-order valence-electron chi connectivity index (χ3n) is 2.95. The zero-order chi connectivity index (χ0) is 15.2. The van der Waals surface area contributed by atoms with Crippen LogP contribution >= 0.6 is 11.6 Å². The number of amides is 1. The van der Waals surface area contributed by atoms with Crippen LogP contribution in [-0.2, 0) is 0 Å². The molecule has 4 nitrogen and oxygen atoms in total. The maximum Gasteiger partial charge on any atom is 0.257 e. The quantitative estimate of drug-likeness (QED) is 0.876. The van der Waals surface area contributed by atoms with Crippen LogP contribution in [0.15, 0.2) is 42.5 Å². The molecular formula is C16H17ClN2O2. The van der Waals surface area contributed by atoms with Crippen molar-refractivity contribution in [2.75, 3.05) is 24.3 Å². The lowest BCUT2D eigenvalue weighted by atomic mass is 10.1. The predicted octanol–water partition coefficient (Wildman–Crippen LogP) is 4.03. The summed E-state index contributed by atoms with van der Waals surface area (Å²) in [6.45, 7) is 2.72. The number of para-hydroxylation sites is 1. The smallest absolute Gasteiger partial charge is 0.257 e. The van der Waals surface area contributed by atoms with Gasteiger partial charge in [-0.1, -0.05) is 23.7 Å². The molecular weight excluding hydrogens is 288 g/mol. The molecule has 0 heterocycles. The van der Waals surface area contributed by atoms with Crippen molar-refractivity contribution in [1.82, 2.24) is 0 Å².